The molecule has 0 atom stereocenters. The fourth-order valence-electron chi connectivity index (χ4n) is 7.15. The quantitative estimate of drug-likeness (QED) is 0.0214. The Labute approximate surface area is 390 Å². The monoisotopic (exact) mass is 955 g/mol. The number of phenolic OH excluding ortho intramolecular Hbond substituents is 1. The van der Waals surface area contributed by atoms with E-state index in [1.54, 1.807) is 68.4 Å². The number of azo groups is 3. The second-order valence-corrected chi connectivity index (χ2v) is 16.5. The van der Waals surface area contributed by atoms with Crippen LogP contribution in [0, 0.1) is 25.2 Å². The van der Waals surface area contributed by atoms with E-state index in [2.05, 4.69) is 51.8 Å². The molecule has 342 valence electrons. The Bertz CT molecular complexity index is 3480. The molecule has 0 aliphatic heterocycles. The number of aryl methyl sites for hydroxylation is 1. The highest BCUT2D eigenvalue weighted by atomic mass is 32.2. The van der Waals surface area contributed by atoms with E-state index >= 15 is 0 Å². The second-order valence-electron chi connectivity index (χ2n) is 14.7. The number of rotatable bonds is 17. The third kappa shape index (κ3) is 9.44. The lowest BCUT2D eigenvalue weighted by Crippen LogP contribution is -2.28. The van der Waals surface area contributed by atoms with Gasteiger partial charge in [-0.15, -0.1) is 29.9 Å². The molecule has 8 rings (SSSR count). The molecule has 24 heteroatoms. The average Bonchev–Trinajstić information content (AvgIpc) is 3.92. The Balaban J connectivity index is 1.20. The van der Waals surface area contributed by atoms with Gasteiger partial charge in [0.05, 0.1) is 73.7 Å². The van der Waals surface area contributed by atoms with Crippen molar-refractivity contribution in [2.45, 2.75) is 31.6 Å². The summed E-state index contributed by atoms with van der Waals surface area (Å²) < 4.78 is 6.71. The van der Waals surface area contributed by atoms with Gasteiger partial charge in [-0.3, -0.25) is 14.0 Å². The zero-order valence-electron chi connectivity index (χ0n) is 35.3. The summed E-state index contributed by atoms with van der Waals surface area (Å²) in [6, 6.07) is 22.9. The van der Waals surface area contributed by atoms with Gasteiger partial charge in [-0.2, -0.15) is 10.4 Å². The van der Waals surface area contributed by atoms with Crippen LogP contribution in [-0.2, 0) is 19.0 Å². The first kappa shape index (κ1) is 46.1. The number of nitrogens with zero attached hydrogens (tertiary/aromatic N) is 11. The van der Waals surface area contributed by atoms with E-state index in [-0.39, 0.29) is 98.1 Å². The van der Waals surface area contributed by atoms with Gasteiger partial charge < -0.3 is 30.4 Å². The summed E-state index contributed by atoms with van der Waals surface area (Å²) in [5, 5.41) is 102. The third-order valence-corrected chi connectivity index (χ3v) is 12.0. The minimum absolute atomic E-state index is 0.0103. The molecule has 5 aromatic carbocycles. The molecule has 0 radical (unpaired) electrons. The van der Waals surface area contributed by atoms with Crippen LogP contribution in [-0.4, -0.2) is 76.2 Å². The Kier molecular flexibility index (Phi) is 13.2. The van der Waals surface area contributed by atoms with Crippen LogP contribution in [0.4, 0.5) is 39.3 Å². The molecule has 0 fully saturated rings. The first-order valence-electron chi connectivity index (χ1n) is 19.9. The van der Waals surface area contributed by atoms with Crippen molar-refractivity contribution in [3.63, 3.8) is 0 Å². The molecule has 22 nitrogen and oxygen atoms in total. The predicted octanol–water partition coefficient (Wildman–Crippen LogP) is 11.3. The Morgan fingerprint density at radius 1 is 0.824 bits per heavy atom. The Morgan fingerprint density at radius 2 is 1.56 bits per heavy atom. The maximum absolute atomic E-state index is 11.8. The van der Waals surface area contributed by atoms with E-state index in [4.69, 9.17) is 9.59 Å². The number of pyridine rings is 1. The van der Waals surface area contributed by atoms with Crippen LogP contribution >= 0.6 is 23.4 Å². The van der Waals surface area contributed by atoms with Crippen LogP contribution in [0.25, 0.3) is 37.7 Å². The number of hydrogen-bond donors (Lipinski definition) is 6. The van der Waals surface area contributed by atoms with Crippen LogP contribution in [0.3, 0.4) is 0 Å². The molecule has 0 aliphatic rings. The molecule has 8 aromatic rings. The number of thiazole rings is 1. The van der Waals surface area contributed by atoms with E-state index in [0.29, 0.717) is 49.8 Å². The molecule has 6 N–H and O–H groups in total. The minimum atomic E-state index is -1.15. The zero-order chi connectivity index (χ0) is 48.2. The summed E-state index contributed by atoms with van der Waals surface area (Å²) >= 11 is 1.59. The first-order chi connectivity index (χ1) is 32.7. The van der Waals surface area contributed by atoms with Gasteiger partial charge in [0, 0.05) is 24.0 Å². The van der Waals surface area contributed by atoms with Crippen molar-refractivity contribution >= 4 is 118 Å². The number of phenols is 1. The number of aromatic carboxylic acids is 1. The number of para-hydroxylation sites is 2. The highest BCUT2D eigenvalue weighted by Crippen LogP contribution is 2.47. The molecule has 0 saturated carbocycles. The standard InChI is InChI=1S/C44H33N11O11S2/c1-21-15-31(33(54(13-11-36(56)57)14-12-37(58)59)19-30(21)49-53-44-47-29-10-8-24(43(62)63)17-34(29)67-44)50-52-39-35(68-66-65-64)16-23-7-9-25(18-26(23)40(39)60)48-51-38-22(2)27(20-45)41-46-28-5-3-4-6-32(28)55(41)42(38)61/h3-10,15-19,60-61,64H,11-14H2,1-2H3,(H,56,57)(H,58,59)(H,62,63). The normalized spacial score (nSPS) is 11.9. The van der Waals surface area contributed by atoms with Crippen LogP contribution in [0.1, 0.15) is 39.9 Å². The number of hydrogen-bond acceptors (Lipinski definition) is 20. The van der Waals surface area contributed by atoms with Crippen LogP contribution < -0.4 is 4.90 Å². The molecule has 0 aliphatic carbocycles. The third-order valence-electron chi connectivity index (χ3n) is 10.5. The van der Waals surface area contributed by atoms with Gasteiger partial charge in [0.1, 0.15) is 23.0 Å². The van der Waals surface area contributed by atoms with Gasteiger partial charge in [0.2, 0.25) is 11.0 Å². The van der Waals surface area contributed by atoms with Gasteiger partial charge >= 0.3 is 17.9 Å². The van der Waals surface area contributed by atoms with Gasteiger partial charge in [-0.05, 0) is 85.5 Å². The van der Waals surface area contributed by atoms with Gasteiger partial charge in [0.15, 0.2) is 17.1 Å². The van der Waals surface area contributed by atoms with E-state index in [9.17, 15) is 45.2 Å². The Hall–Kier alpha value is -8.47. The lowest BCUT2D eigenvalue weighted by atomic mass is 10.1. The van der Waals surface area contributed by atoms with Gasteiger partial charge in [-0.25, -0.2) is 20.0 Å². The predicted molar refractivity (Wildman–Crippen MR) is 247 cm³/mol. The number of aromatic nitrogens is 3. The number of carbonyl (C=O) groups is 3. The number of fused-ring (bicyclic) bond motifs is 5. The van der Waals surface area contributed by atoms with Crippen molar-refractivity contribution in [1.82, 2.24) is 14.4 Å². The lowest BCUT2D eigenvalue weighted by molar-refractivity contribution is -0.432. The molecule has 0 spiro atoms. The van der Waals surface area contributed by atoms with E-state index in [1.807, 2.05) is 0 Å². The molecular formula is C44H33N11O11S2. The highest BCUT2D eigenvalue weighted by Gasteiger charge is 2.22. The van der Waals surface area contributed by atoms with Crippen LogP contribution in [0.5, 0.6) is 11.6 Å². The molecule has 0 saturated heterocycles. The highest BCUT2D eigenvalue weighted by molar-refractivity contribution is 7.94. The van der Waals surface area contributed by atoms with Gasteiger partial charge in [-0.1, -0.05) is 34.6 Å². The SMILES string of the molecule is Cc1cc(N=Nc2c(SOOO)cc3ccc(N=Nc4c(C)c(C#N)c5nc6ccccc6n5c4O)cc3c2O)c(N(CCC(=O)O)CCC(=O)O)cc1N=Nc1nc2ccc(C(=O)O)cc2s1. The maximum atomic E-state index is 11.8. The fourth-order valence-corrected chi connectivity index (χ4v) is 8.47. The Morgan fingerprint density at radius 3 is 2.28 bits per heavy atom. The summed E-state index contributed by atoms with van der Waals surface area (Å²) in [4.78, 5) is 45.5. The summed E-state index contributed by atoms with van der Waals surface area (Å²) in [6.07, 6.45) is -0.772. The lowest BCUT2D eigenvalue weighted by Gasteiger charge is -2.25. The molecular weight excluding hydrogens is 923 g/mol. The van der Waals surface area contributed by atoms with Gasteiger partial charge in [0.25, 0.3) is 0 Å². The van der Waals surface area contributed by atoms with Crippen molar-refractivity contribution in [3.8, 4) is 17.7 Å². The topological polar surface area (TPSA) is 322 Å². The number of nitriles is 1. The van der Waals surface area contributed by atoms with Crippen molar-refractivity contribution in [2.24, 2.45) is 30.7 Å². The molecule has 3 aromatic heterocycles. The number of imidazole rings is 1. The van der Waals surface area contributed by atoms with Crippen molar-refractivity contribution in [3.05, 3.63) is 101 Å². The maximum Gasteiger partial charge on any atom is 0.335 e. The number of benzene rings is 5. The van der Waals surface area contributed by atoms with Crippen LogP contribution in [0.2, 0.25) is 0 Å². The second kappa shape index (κ2) is 19.6. The molecule has 3 heterocycles. The minimum Gasteiger partial charge on any atom is -0.505 e. The largest absolute Gasteiger partial charge is 0.505 e. The van der Waals surface area contributed by atoms with E-state index in [0.717, 1.165) is 11.3 Å². The van der Waals surface area contributed by atoms with Crippen molar-refractivity contribution in [2.75, 3.05) is 18.0 Å². The number of carboxylic acid groups (broad SMARTS) is 3. The smallest absolute Gasteiger partial charge is 0.335 e. The molecule has 0 unspecified atom stereocenters. The van der Waals surface area contributed by atoms with E-state index < -0.39 is 23.7 Å². The number of anilines is 1. The van der Waals surface area contributed by atoms with Crippen LogP contribution in [0.15, 0.2) is 114 Å². The summed E-state index contributed by atoms with van der Waals surface area (Å²) in [7, 11) is 0. The van der Waals surface area contributed by atoms with E-state index in [1.165, 1.54) is 33.6 Å². The summed E-state index contributed by atoms with van der Waals surface area (Å²) in [5.41, 5.74) is 3.56. The van der Waals surface area contributed by atoms with Crippen molar-refractivity contribution < 1.29 is 54.5 Å². The first-order valence-corrected chi connectivity index (χ1v) is 21.5. The number of carboxylic acids is 3. The fraction of sp³-hybridized carbons (Fsp3) is 0.136. The molecule has 0 amide bonds. The van der Waals surface area contributed by atoms with Crippen molar-refractivity contribution in [1.29, 1.82) is 5.26 Å². The number of aliphatic carboxylic acids is 2. The summed E-state index contributed by atoms with van der Waals surface area (Å²) in [5.74, 6) is -4.14. The number of aromatic hydroxyl groups is 2. The molecule has 0 bridgehead atoms. The summed E-state index contributed by atoms with van der Waals surface area (Å²) in [6.45, 7) is 2.98. The molecule has 68 heavy (non-hydrogen) atoms. The average molecular weight is 956 g/mol. The zero-order valence-corrected chi connectivity index (χ0v) is 36.9.